The minimum Gasteiger partial charge on any atom is -0.474 e. The summed E-state index contributed by atoms with van der Waals surface area (Å²) in [6.45, 7) is 9.16. The monoisotopic (exact) mass is 309 g/mol. The first kappa shape index (κ1) is 16.6. The smallest absolute Gasteiger partial charge is 0.214 e. The third kappa shape index (κ3) is 4.88. The van der Waals surface area contributed by atoms with Crippen molar-refractivity contribution < 1.29 is 4.74 Å². The molecule has 2 nitrogen and oxygen atoms in total. The van der Waals surface area contributed by atoms with Gasteiger partial charge in [-0.15, -0.1) is 11.6 Å². The van der Waals surface area contributed by atoms with E-state index in [1.807, 2.05) is 6.07 Å². The predicted molar refractivity (Wildman–Crippen MR) is 89.0 cm³/mol. The van der Waals surface area contributed by atoms with Gasteiger partial charge in [0, 0.05) is 17.6 Å². The molecular weight excluding hydrogens is 282 g/mol. The van der Waals surface area contributed by atoms with Gasteiger partial charge in [-0.3, -0.25) is 0 Å². The van der Waals surface area contributed by atoms with E-state index in [2.05, 4.69) is 38.7 Å². The zero-order valence-electron chi connectivity index (χ0n) is 13.8. The summed E-state index contributed by atoms with van der Waals surface area (Å²) >= 11 is 6.00. The van der Waals surface area contributed by atoms with Crippen LogP contribution in [0.3, 0.4) is 0 Å². The van der Waals surface area contributed by atoms with Gasteiger partial charge in [0.2, 0.25) is 5.88 Å². The van der Waals surface area contributed by atoms with Crippen molar-refractivity contribution in [2.45, 2.75) is 71.8 Å². The van der Waals surface area contributed by atoms with Gasteiger partial charge in [-0.05, 0) is 48.6 Å². The molecule has 0 N–H and O–H groups in total. The Bertz CT molecular complexity index is 472. The van der Waals surface area contributed by atoms with Crippen molar-refractivity contribution in [3.8, 4) is 5.88 Å². The van der Waals surface area contributed by atoms with Crippen LogP contribution in [0.2, 0.25) is 0 Å². The zero-order valence-corrected chi connectivity index (χ0v) is 14.5. The predicted octanol–water partition coefficient (Wildman–Crippen LogP) is 5.37. The van der Waals surface area contributed by atoms with Gasteiger partial charge in [0.05, 0.1) is 0 Å². The van der Waals surface area contributed by atoms with Crippen molar-refractivity contribution in [2.75, 3.05) is 0 Å². The summed E-state index contributed by atoms with van der Waals surface area (Å²) in [5.41, 5.74) is 2.56. The minimum absolute atomic E-state index is 0.274. The lowest BCUT2D eigenvalue weighted by atomic mass is 9.71. The Hall–Kier alpha value is -0.760. The standard InChI is InChI=1S/C18H28ClNO/c1-5-6-15-8-14(12-19)9-17(20-15)21-16-7-13(2)10-18(3,4)11-16/h8-9,13,16H,5-7,10-12H2,1-4H3. The number of nitrogens with zero attached hydrogens (tertiary/aromatic N) is 1. The highest BCUT2D eigenvalue weighted by atomic mass is 35.5. The summed E-state index contributed by atoms with van der Waals surface area (Å²) in [4.78, 5) is 4.66. The van der Waals surface area contributed by atoms with E-state index in [9.17, 15) is 0 Å². The molecular formula is C18H28ClNO. The molecule has 2 atom stereocenters. The molecule has 1 fully saturated rings. The van der Waals surface area contributed by atoms with Crippen LogP contribution in [0.25, 0.3) is 0 Å². The van der Waals surface area contributed by atoms with E-state index >= 15 is 0 Å². The molecule has 118 valence electrons. The van der Waals surface area contributed by atoms with Gasteiger partial charge in [-0.25, -0.2) is 4.98 Å². The Morgan fingerprint density at radius 1 is 1.33 bits per heavy atom. The molecule has 1 saturated carbocycles. The molecule has 1 aromatic rings. The quantitative estimate of drug-likeness (QED) is 0.682. The van der Waals surface area contributed by atoms with Crippen LogP contribution in [0.5, 0.6) is 5.88 Å². The van der Waals surface area contributed by atoms with Gasteiger partial charge < -0.3 is 4.74 Å². The number of rotatable bonds is 5. The van der Waals surface area contributed by atoms with Crippen LogP contribution in [-0.4, -0.2) is 11.1 Å². The topological polar surface area (TPSA) is 22.1 Å². The van der Waals surface area contributed by atoms with E-state index in [0.29, 0.717) is 17.2 Å². The van der Waals surface area contributed by atoms with Gasteiger partial charge in [-0.1, -0.05) is 34.1 Å². The second-order valence-electron chi connectivity index (χ2n) is 7.34. The molecule has 0 saturated heterocycles. The second-order valence-corrected chi connectivity index (χ2v) is 7.61. The van der Waals surface area contributed by atoms with Crippen molar-refractivity contribution in [1.29, 1.82) is 0 Å². The van der Waals surface area contributed by atoms with Crippen molar-refractivity contribution in [2.24, 2.45) is 11.3 Å². The molecule has 2 unspecified atom stereocenters. The number of aromatic nitrogens is 1. The van der Waals surface area contributed by atoms with Crippen molar-refractivity contribution in [3.05, 3.63) is 23.4 Å². The maximum absolute atomic E-state index is 6.22. The van der Waals surface area contributed by atoms with Crippen LogP contribution < -0.4 is 4.74 Å². The highest BCUT2D eigenvalue weighted by Crippen LogP contribution is 2.39. The number of aryl methyl sites for hydroxylation is 1. The largest absolute Gasteiger partial charge is 0.474 e. The fourth-order valence-electron chi connectivity index (χ4n) is 3.66. The lowest BCUT2D eigenvalue weighted by Crippen LogP contribution is -2.34. The van der Waals surface area contributed by atoms with Gasteiger partial charge >= 0.3 is 0 Å². The molecule has 0 amide bonds. The average Bonchev–Trinajstić information content (AvgIpc) is 2.36. The SMILES string of the molecule is CCCc1cc(CCl)cc(OC2CC(C)CC(C)(C)C2)n1. The highest BCUT2D eigenvalue weighted by molar-refractivity contribution is 6.17. The summed E-state index contributed by atoms with van der Waals surface area (Å²) in [7, 11) is 0. The molecule has 0 aromatic carbocycles. The van der Waals surface area contributed by atoms with Crippen LogP contribution in [0, 0.1) is 11.3 Å². The Balaban J connectivity index is 2.12. The highest BCUT2D eigenvalue weighted by Gasteiger charge is 2.33. The van der Waals surface area contributed by atoms with Crippen molar-refractivity contribution >= 4 is 11.6 Å². The van der Waals surface area contributed by atoms with Crippen LogP contribution in [0.4, 0.5) is 0 Å². The van der Waals surface area contributed by atoms with E-state index in [-0.39, 0.29) is 6.10 Å². The minimum atomic E-state index is 0.274. The molecule has 1 aliphatic carbocycles. The zero-order chi connectivity index (χ0) is 15.5. The van der Waals surface area contributed by atoms with Gasteiger partial charge in [-0.2, -0.15) is 0 Å². The third-order valence-electron chi connectivity index (χ3n) is 4.21. The fraction of sp³-hybridized carbons (Fsp3) is 0.722. The van der Waals surface area contributed by atoms with E-state index in [1.165, 1.54) is 6.42 Å². The Morgan fingerprint density at radius 3 is 2.71 bits per heavy atom. The molecule has 3 heteroatoms. The first-order valence-corrected chi connectivity index (χ1v) is 8.68. The van der Waals surface area contributed by atoms with Gasteiger partial charge in [0.25, 0.3) is 0 Å². The normalized spacial score (nSPS) is 24.8. The third-order valence-corrected chi connectivity index (χ3v) is 4.52. The van der Waals surface area contributed by atoms with Gasteiger partial charge in [0.15, 0.2) is 0 Å². The number of hydrogen-bond donors (Lipinski definition) is 0. The summed E-state index contributed by atoms with van der Waals surface area (Å²) in [5, 5.41) is 0. The number of ether oxygens (including phenoxy) is 1. The van der Waals surface area contributed by atoms with Crippen molar-refractivity contribution in [3.63, 3.8) is 0 Å². The molecule has 21 heavy (non-hydrogen) atoms. The molecule has 2 rings (SSSR count). The molecule has 0 bridgehead atoms. The van der Waals surface area contributed by atoms with Crippen LogP contribution in [-0.2, 0) is 12.3 Å². The maximum atomic E-state index is 6.22. The number of alkyl halides is 1. The summed E-state index contributed by atoms with van der Waals surface area (Å²) in [6.07, 6.45) is 5.85. The lowest BCUT2D eigenvalue weighted by Gasteiger charge is -2.38. The first-order chi connectivity index (χ1) is 9.91. The average molecular weight is 310 g/mol. The Kier molecular flexibility index (Phi) is 5.54. The molecule has 1 heterocycles. The van der Waals surface area contributed by atoms with Crippen molar-refractivity contribution in [1.82, 2.24) is 4.98 Å². The Labute approximate surface area is 134 Å². The molecule has 0 spiro atoms. The molecule has 1 aromatic heterocycles. The number of pyridine rings is 1. The molecule has 0 aliphatic heterocycles. The second kappa shape index (κ2) is 7.00. The maximum Gasteiger partial charge on any atom is 0.214 e. The Morgan fingerprint density at radius 2 is 2.10 bits per heavy atom. The molecule has 0 radical (unpaired) electrons. The van der Waals surface area contributed by atoms with Crippen LogP contribution >= 0.6 is 11.6 Å². The van der Waals surface area contributed by atoms with E-state index in [0.717, 1.165) is 42.8 Å². The number of halogens is 1. The van der Waals surface area contributed by atoms with E-state index in [1.54, 1.807) is 0 Å². The van der Waals surface area contributed by atoms with Gasteiger partial charge in [0.1, 0.15) is 6.10 Å². The van der Waals surface area contributed by atoms with Crippen LogP contribution in [0.1, 0.15) is 64.6 Å². The first-order valence-electron chi connectivity index (χ1n) is 8.14. The number of hydrogen-bond acceptors (Lipinski definition) is 2. The van der Waals surface area contributed by atoms with E-state index in [4.69, 9.17) is 16.3 Å². The summed E-state index contributed by atoms with van der Waals surface area (Å²) < 4.78 is 6.22. The van der Waals surface area contributed by atoms with E-state index < -0.39 is 0 Å². The summed E-state index contributed by atoms with van der Waals surface area (Å²) in [6, 6.07) is 4.09. The molecule has 1 aliphatic rings. The van der Waals surface area contributed by atoms with Crippen LogP contribution in [0.15, 0.2) is 12.1 Å². The lowest BCUT2D eigenvalue weighted by molar-refractivity contribution is 0.0531. The summed E-state index contributed by atoms with van der Waals surface area (Å²) in [5.74, 6) is 1.99. The fourth-order valence-corrected chi connectivity index (χ4v) is 3.82.